The van der Waals surface area contributed by atoms with Crippen LogP contribution in [0, 0.1) is 0 Å². The molecule has 0 saturated carbocycles. The maximum absolute atomic E-state index is 11.7. The zero-order valence-corrected chi connectivity index (χ0v) is 8.84. The van der Waals surface area contributed by atoms with Gasteiger partial charge in [0.25, 0.3) is 0 Å². The highest BCUT2D eigenvalue weighted by Gasteiger charge is 2.20. The molecular weight excluding hydrogens is 186 g/mol. The average Bonchev–Trinajstić information content (AvgIpc) is 2.18. The number of hydrogen-bond donors (Lipinski definition) is 0. The van der Waals surface area contributed by atoms with Crippen LogP contribution in [0.1, 0.15) is 19.8 Å². The van der Waals surface area contributed by atoms with Crippen LogP contribution in [0.15, 0.2) is 23.1 Å². The van der Waals surface area contributed by atoms with Crippen molar-refractivity contribution in [3.63, 3.8) is 0 Å². The van der Waals surface area contributed by atoms with E-state index in [9.17, 15) is 8.42 Å². The molecule has 0 aliphatic heterocycles. The fourth-order valence-electron chi connectivity index (χ4n) is 1.13. The first-order valence-corrected chi connectivity index (χ1v) is 5.86. The SMILES string of the molecule is CCN(C)S(=O)(=O)C1=CCCC=C1. The van der Waals surface area contributed by atoms with Gasteiger partial charge in [0.15, 0.2) is 0 Å². The van der Waals surface area contributed by atoms with Crippen molar-refractivity contribution in [2.45, 2.75) is 19.8 Å². The minimum absolute atomic E-state index is 0.433. The van der Waals surface area contributed by atoms with Crippen LogP contribution >= 0.6 is 0 Å². The van der Waals surface area contributed by atoms with E-state index in [1.165, 1.54) is 4.31 Å². The lowest BCUT2D eigenvalue weighted by molar-refractivity contribution is 0.493. The Labute approximate surface area is 79.8 Å². The van der Waals surface area contributed by atoms with Crippen molar-refractivity contribution in [2.24, 2.45) is 0 Å². The van der Waals surface area contributed by atoms with E-state index >= 15 is 0 Å². The monoisotopic (exact) mass is 201 g/mol. The van der Waals surface area contributed by atoms with Crippen LogP contribution in [0.2, 0.25) is 0 Å². The number of hydrogen-bond acceptors (Lipinski definition) is 2. The lowest BCUT2D eigenvalue weighted by atomic mass is 10.2. The van der Waals surface area contributed by atoms with E-state index in [0.717, 1.165) is 12.8 Å². The van der Waals surface area contributed by atoms with Gasteiger partial charge in [-0.15, -0.1) is 0 Å². The Morgan fingerprint density at radius 1 is 1.46 bits per heavy atom. The van der Waals surface area contributed by atoms with Gasteiger partial charge >= 0.3 is 0 Å². The molecule has 0 aromatic rings. The molecule has 1 aliphatic rings. The maximum atomic E-state index is 11.7. The summed E-state index contributed by atoms with van der Waals surface area (Å²) in [5.74, 6) is 0. The first-order valence-electron chi connectivity index (χ1n) is 4.42. The van der Waals surface area contributed by atoms with Crippen LogP contribution in [0.3, 0.4) is 0 Å². The first kappa shape index (κ1) is 10.5. The van der Waals surface area contributed by atoms with Crippen molar-refractivity contribution in [1.29, 1.82) is 0 Å². The third kappa shape index (κ3) is 2.19. The quantitative estimate of drug-likeness (QED) is 0.694. The summed E-state index contributed by atoms with van der Waals surface area (Å²) in [5, 5.41) is 0. The van der Waals surface area contributed by atoms with Crippen LogP contribution in [-0.4, -0.2) is 26.3 Å². The van der Waals surface area contributed by atoms with Crippen molar-refractivity contribution in [2.75, 3.05) is 13.6 Å². The third-order valence-electron chi connectivity index (χ3n) is 2.11. The Morgan fingerprint density at radius 2 is 2.15 bits per heavy atom. The van der Waals surface area contributed by atoms with Crippen LogP contribution in [0.5, 0.6) is 0 Å². The Kier molecular flexibility index (Phi) is 3.27. The summed E-state index contributed by atoms with van der Waals surface area (Å²) in [6.45, 7) is 2.33. The molecule has 0 aromatic carbocycles. The highest BCUT2D eigenvalue weighted by Crippen LogP contribution is 2.18. The van der Waals surface area contributed by atoms with Gasteiger partial charge in [-0.05, 0) is 18.9 Å². The maximum Gasteiger partial charge on any atom is 0.242 e. The molecule has 0 amide bonds. The van der Waals surface area contributed by atoms with Crippen molar-refractivity contribution in [3.05, 3.63) is 23.1 Å². The van der Waals surface area contributed by atoms with E-state index in [1.807, 2.05) is 13.0 Å². The van der Waals surface area contributed by atoms with Gasteiger partial charge in [-0.1, -0.05) is 19.1 Å². The third-order valence-corrected chi connectivity index (χ3v) is 4.09. The van der Waals surface area contributed by atoms with Gasteiger partial charge in [-0.2, -0.15) is 0 Å². The fourth-order valence-corrected chi connectivity index (χ4v) is 2.43. The molecule has 1 rings (SSSR count). The minimum atomic E-state index is -3.20. The van der Waals surface area contributed by atoms with Gasteiger partial charge in [-0.3, -0.25) is 0 Å². The lowest BCUT2D eigenvalue weighted by Crippen LogP contribution is -2.27. The molecule has 13 heavy (non-hydrogen) atoms. The summed E-state index contributed by atoms with van der Waals surface area (Å²) in [4.78, 5) is 0.433. The summed E-state index contributed by atoms with van der Waals surface area (Å²) in [5.41, 5.74) is 0. The smallest absolute Gasteiger partial charge is 0.207 e. The summed E-state index contributed by atoms with van der Waals surface area (Å²) in [6.07, 6.45) is 7.13. The number of allylic oxidation sites excluding steroid dienone is 3. The molecule has 1 aliphatic carbocycles. The second kappa shape index (κ2) is 4.07. The predicted octanol–water partition coefficient (Wildman–Crippen LogP) is 1.50. The molecule has 0 atom stereocenters. The summed E-state index contributed by atoms with van der Waals surface area (Å²) >= 11 is 0. The number of sulfonamides is 1. The molecule has 0 aromatic heterocycles. The van der Waals surface area contributed by atoms with Crippen molar-refractivity contribution in [1.82, 2.24) is 4.31 Å². The van der Waals surface area contributed by atoms with Gasteiger partial charge in [0.2, 0.25) is 10.0 Å². The van der Waals surface area contributed by atoms with Crippen LogP contribution < -0.4 is 0 Å². The van der Waals surface area contributed by atoms with E-state index < -0.39 is 10.0 Å². The molecule has 0 bridgehead atoms. The standard InChI is InChI=1S/C9H15NO2S/c1-3-10(2)13(11,12)9-7-5-4-6-8-9/h5,7-8H,3-4,6H2,1-2H3. The Bertz CT molecular complexity index is 328. The topological polar surface area (TPSA) is 37.4 Å². The number of rotatable bonds is 3. The molecule has 0 spiro atoms. The minimum Gasteiger partial charge on any atom is -0.207 e. The van der Waals surface area contributed by atoms with E-state index in [2.05, 4.69) is 0 Å². The average molecular weight is 201 g/mol. The molecule has 0 N–H and O–H groups in total. The molecule has 0 fully saturated rings. The van der Waals surface area contributed by atoms with E-state index in [-0.39, 0.29) is 0 Å². The molecule has 0 saturated heterocycles. The molecule has 3 nitrogen and oxygen atoms in total. The van der Waals surface area contributed by atoms with Crippen molar-refractivity contribution < 1.29 is 8.42 Å². The van der Waals surface area contributed by atoms with Crippen LogP contribution in [0.25, 0.3) is 0 Å². The molecule has 0 heterocycles. The molecule has 0 unspecified atom stereocenters. The highest BCUT2D eigenvalue weighted by atomic mass is 32.2. The molecule has 0 radical (unpaired) electrons. The van der Waals surface area contributed by atoms with Gasteiger partial charge in [-0.25, -0.2) is 12.7 Å². The van der Waals surface area contributed by atoms with E-state index in [1.54, 1.807) is 19.2 Å². The van der Waals surface area contributed by atoms with Gasteiger partial charge in [0.05, 0.1) is 4.91 Å². The normalized spacial score (nSPS) is 17.6. The van der Waals surface area contributed by atoms with Crippen molar-refractivity contribution >= 4 is 10.0 Å². The fraction of sp³-hybridized carbons (Fsp3) is 0.556. The van der Waals surface area contributed by atoms with Gasteiger partial charge < -0.3 is 0 Å². The summed E-state index contributed by atoms with van der Waals surface area (Å²) < 4.78 is 24.8. The zero-order valence-electron chi connectivity index (χ0n) is 8.03. The summed E-state index contributed by atoms with van der Waals surface area (Å²) in [7, 11) is -1.61. The molecular formula is C9H15NO2S. The number of nitrogens with zero attached hydrogens (tertiary/aromatic N) is 1. The first-order chi connectivity index (χ1) is 6.09. The Balaban J connectivity index is 2.93. The van der Waals surface area contributed by atoms with E-state index in [4.69, 9.17) is 0 Å². The zero-order chi connectivity index (χ0) is 9.90. The van der Waals surface area contributed by atoms with Crippen molar-refractivity contribution in [3.8, 4) is 0 Å². The Hall–Kier alpha value is -0.610. The summed E-state index contributed by atoms with van der Waals surface area (Å²) in [6, 6.07) is 0. The van der Waals surface area contributed by atoms with Crippen LogP contribution in [0.4, 0.5) is 0 Å². The lowest BCUT2D eigenvalue weighted by Gasteiger charge is -2.16. The second-order valence-corrected chi connectivity index (χ2v) is 5.05. The molecule has 4 heteroatoms. The second-order valence-electron chi connectivity index (χ2n) is 3.01. The van der Waals surface area contributed by atoms with Gasteiger partial charge in [0.1, 0.15) is 0 Å². The van der Waals surface area contributed by atoms with E-state index in [0.29, 0.717) is 11.4 Å². The largest absolute Gasteiger partial charge is 0.242 e. The predicted molar refractivity (Wildman–Crippen MR) is 53.7 cm³/mol. The molecule has 74 valence electrons. The Morgan fingerprint density at radius 3 is 2.62 bits per heavy atom. The van der Waals surface area contributed by atoms with Gasteiger partial charge in [0, 0.05) is 13.6 Å². The highest BCUT2D eigenvalue weighted by molar-refractivity contribution is 7.93. The van der Waals surface area contributed by atoms with Crippen LogP contribution in [-0.2, 0) is 10.0 Å².